The third-order valence-corrected chi connectivity index (χ3v) is 2.61. The van der Waals surface area contributed by atoms with Crippen LogP contribution in [0.4, 0.5) is 0 Å². The summed E-state index contributed by atoms with van der Waals surface area (Å²) in [7, 11) is 0. The van der Waals surface area contributed by atoms with Crippen LogP contribution in [-0.4, -0.2) is 19.2 Å². The zero-order valence-corrected chi connectivity index (χ0v) is 8.79. The minimum Gasteiger partial charge on any atom is -0.371 e. The zero-order chi connectivity index (χ0) is 9.97. The molecule has 1 N–H and O–H groups in total. The summed E-state index contributed by atoms with van der Waals surface area (Å²) in [6.45, 7) is 5.98. The Morgan fingerprint density at radius 3 is 2.93 bits per heavy atom. The minimum absolute atomic E-state index is 0.228. The van der Waals surface area contributed by atoms with Crippen molar-refractivity contribution in [1.29, 1.82) is 0 Å². The van der Waals surface area contributed by atoms with Crippen molar-refractivity contribution in [3.05, 3.63) is 35.4 Å². The fourth-order valence-electron chi connectivity index (χ4n) is 1.77. The van der Waals surface area contributed by atoms with Crippen LogP contribution in [0.5, 0.6) is 0 Å². The SMILES string of the molecule is Cc1cccc([C@H]2CN[C@@H](C)CO2)c1. The van der Waals surface area contributed by atoms with Crippen LogP contribution in [0.25, 0.3) is 0 Å². The van der Waals surface area contributed by atoms with Gasteiger partial charge in [0.2, 0.25) is 0 Å². The first-order valence-corrected chi connectivity index (χ1v) is 5.17. The quantitative estimate of drug-likeness (QED) is 0.733. The fourth-order valence-corrected chi connectivity index (χ4v) is 1.77. The van der Waals surface area contributed by atoms with Crippen LogP contribution in [0.3, 0.4) is 0 Å². The molecule has 0 bridgehead atoms. The minimum atomic E-state index is 0.228. The lowest BCUT2D eigenvalue weighted by atomic mass is 10.1. The number of benzene rings is 1. The Morgan fingerprint density at radius 2 is 2.29 bits per heavy atom. The average molecular weight is 191 g/mol. The lowest BCUT2D eigenvalue weighted by Crippen LogP contribution is -2.40. The van der Waals surface area contributed by atoms with Gasteiger partial charge >= 0.3 is 0 Å². The van der Waals surface area contributed by atoms with Crippen LogP contribution in [0.1, 0.15) is 24.2 Å². The topological polar surface area (TPSA) is 21.3 Å². The second-order valence-electron chi connectivity index (χ2n) is 4.05. The molecule has 1 fully saturated rings. The van der Waals surface area contributed by atoms with Crippen molar-refractivity contribution in [3.8, 4) is 0 Å². The van der Waals surface area contributed by atoms with Gasteiger partial charge in [0.1, 0.15) is 0 Å². The number of morpholine rings is 1. The summed E-state index contributed by atoms with van der Waals surface area (Å²) < 4.78 is 5.77. The van der Waals surface area contributed by atoms with Crippen molar-refractivity contribution in [2.75, 3.05) is 13.2 Å². The van der Waals surface area contributed by atoms with Gasteiger partial charge in [-0.2, -0.15) is 0 Å². The highest BCUT2D eigenvalue weighted by Crippen LogP contribution is 2.20. The number of hydrogen-bond acceptors (Lipinski definition) is 2. The second-order valence-corrected chi connectivity index (χ2v) is 4.05. The van der Waals surface area contributed by atoms with E-state index in [1.165, 1.54) is 11.1 Å². The summed E-state index contributed by atoms with van der Waals surface area (Å²) in [4.78, 5) is 0. The number of aryl methyl sites for hydroxylation is 1. The van der Waals surface area contributed by atoms with E-state index < -0.39 is 0 Å². The molecule has 1 saturated heterocycles. The molecule has 0 amide bonds. The van der Waals surface area contributed by atoms with Gasteiger partial charge in [0.25, 0.3) is 0 Å². The third kappa shape index (κ3) is 2.14. The van der Waals surface area contributed by atoms with Crippen molar-refractivity contribution < 1.29 is 4.74 Å². The molecule has 0 unspecified atom stereocenters. The van der Waals surface area contributed by atoms with E-state index in [2.05, 4.69) is 43.4 Å². The number of rotatable bonds is 1. The van der Waals surface area contributed by atoms with Crippen LogP contribution in [0.2, 0.25) is 0 Å². The van der Waals surface area contributed by atoms with Crippen LogP contribution in [0.15, 0.2) is 24.3 Å². The number of ether oxygens (including phenoxy) is 1. The first-order chi connectivity index (χ1) is 6.75. The Hall–Kier alpha value is -0.860. The molecule has 0 aliphatic carbocycles. The smallest absolute Gasteiger partial charge is 0.0950 e. The predicted octanol–water partition coefficient (Wildman–Crippen LogP) is 2.04. The van der Waals surface area contributed by atoms with Crippen molar-refractivity contribution >= 4 is 0 Å². The molecule has 1 aliphatic rings. The third-order valence-electron chi connectivity index (χ3n) is 2.61. The summed E-state index contributed by atoms with van der Waals surface area (Å²) in [6, 6.07) is 9.02. The highest BCUT2D eigenvalue weighted by atomic mass is 16.5. The molecule has 1 aromatic carbocycles. The van der Waals surface area contributed by atoms with E-state index >= 15 is 0 Å². The van der Waals surface area contributed by atoms with E-state index in [1.54, 1.807) is 0 Å². The highest BCUT2D eigenvalue weighted by molar-refractivity contribution is 5.24. The van der Waals surface area contributed by atoms with E-state index in [0.717, 1.165) is 13.2 Å². The van der Waals surface area contributed by atoms with Gasteiger partial charge < -0.3 is 10.1 Å². The molecule has 14 heavy (non-hydrogen) atoms. The lowest BCUT2D eigenvalue weighted by molar-refractivity contribution is 0.00693. The van der Waals surface area contributed by atoms with E-state index in [-0.39, 0.29) is 6.10 Å². The predicted molar refractivity (Wildman–Crippen MR) is 57.3 cm³/mol. The Morgan fingerprint density at radius 1 is 1.43 bits per heavy atom. The summed E-state index contributed by atoms with van der Waals surface area (Å²) in [5, 5.41) is 3.42. The normalized spacial score (nSPS) is 27.6. The van der Waals surface area contributed by atoms with E-state index in [0.29, 0.717) is 6.04 Å². The number of nitrogens with one attached hydrogen (secondary N) is 1. The molecular weight excluding hydrogens is 174 g/mol. The molecular formula is C12H17NO. The average Bonchev–Trinajstić information content (AvgIpc) is 2.19. The standard InChI is InChI=1S/C12H17NO/c1-9-4-3-5-11(6-9)12-7-13-10(2)8-14-12/h3-6,10,12-13H,7-8H2,1-2H3/t10-,12+/m0/s1. The highest BCUT2D eigenvalue weighted by Gasteiger charge is 2.19. The Balaban J connectivity index is 2.08. The molecule has 0 aromatic heterocycles. The van der Waals surface area contributed by atoms with Crippen LogP contribution >= 0.6 is 0 Å². The lowest BCUT2D eigenvalue weighted by Gasteiger charge is -2.28. The van der Waals surface area contributed by atoms with Crippen LogP contribution in [0, 0.1) is 6.92 Å². The molecule has 76 valence electrons. The van der Waals surface area contributed by atoms with Crippen molar-refractivity contribution in [3.63, 3.8) is 0 Å². The van der Waals surface area contributed by atoms with Gasteiger partial charge in [0.15, 0.2) is 0 Å². The molecule has 0 saturated carbocycles. The summed E-state index contributed by atoms with van der Waals surface area (Å²) in [5.74, 6) is 0. The number of hydrogen-bond donors (Lipinski definition) is 1. The molecule has 2 rings (SSSR count). The largest absolute Gasteiger partial charge is 0.371 e. The van der Waals surface area contributed by atoms with Gasteiger partial charge in [0.05, 0.1) is 12.7 Å². The van der Waals surface area contributed by atoms with E-state index in [1.807, 2.05) is 0 Å². The van der Waals surface area contributed by atoms with Gasteiger partial charge in [-0.3, -0.25) is 0 Å². The second kappa shape index (κ2) is 4.11. The van der Waals surface area contributed by atoms with Crippen LogP contribution in [-0.2, 0) is 4.74 Å². The maximum Gasteiger partial charge on any atom is 0.0950 e. The fraction of sp³-hybridized carbons (Fsp3) is 0.500. The summed E-state index contributed by atoms with van der Waals surface area (Å²) in [6.07, 6.45) is 0.228. The van der Waals surface area contributed by atoms with Gasteiger partial charge in [-0.25, -0.2) is 0 Å². The first kappa shape index (κ1) is 9.69. The zero-order valence-electron chi connectivity index (χ0n) is 8.79. The van der Waals surface area contributed by atoms with Gasteiger partial charge in [0, 0.05) is 12.6 Å². The molecule has 2 atom stereocenters. The molecule has 2 nitrogen and oxygen atoms in total. The molecule has 1 heterocycles. The Labute approximate surface area is 85.3 Å². The van der Waals surface area contributed by atoms with Crippen LogP contribution < -0.4 is 5.32 Å². The van der Waals surface area contributed by atoms with E-state index in [4.69, 9.17) is 4.74 Å². The molecule has 0 spiro atoms. The van der Waals surface area contributed by atoms with Gasteiger partial charge in [-0.15, -0.1) is 0 Å². The monoisotopic (exact) mass is 191 g/mol. The van der Waals surface area contributed by atoms with Crippen molar-refractivity contribution in [2.24, 2.45) is 0 Å². The Bertz CT molecular complexity index is 303. The van der Waals surface area contributed by atoms with Crippen molar-refractivity contribution in [1.82, 2.24) is 5.32 Å². The summed E-state index contributed by atoms with van der Waals surface area (Å²) in [5.41, 5.74) is 2.58. The van der Waals surface area contributed by atoms with Gasteiger partial charge in [-0.1, -0.05) is 29.8 Å². The molecule has 1 aliphatic heterocycles. The maximum atomic E-state index is 5.77. The van der Waals surface area contributed by atoms with Gasteiger partial charge in [-0.05, 0) is 19.4 Å². The molecule has 0 radical (unpaired) electrons. The first-order valence-electron chi connectivity index (χ1n) is 5.17. The summed E-state index contributed by atoms with van der Waals surface area (Å²) >= 11 is 0. The maximum absolute atomic E-state index is 5.77. The Kier molecular flexibility index (Phi) is 2.85. The molecule has 1 aromatic rings. The van der Waals surface area contributed by atoms with Crippen molar-refractivity contribution in [2.45, 2.75) is 26.0 Å². The van der Waals surface area contributed by atoms with E-state index in [9.17, 15) is 0 Å². The molecule has 2 heteroatoms.